The van der Waals surface area contributed by atoms with Crippen LogP contribution in [0, 0.1) is 6.92 Å². The van der Waals surface area contributed by atoms with E-state index in [1.807, 2.05) is 0 Å². The molecule has 0 bridgehead atoms. The van der Waals surface area contributed by atoms with Gasteiger partial charge in [-0.15, -0.1) is 24.5 Å². The molecular formula is C28H24F3N5O4S. The van der Waals surface area contributed by atoms with Crippen molar-refractivity contribution >= 4 is 50.6 Å². The Balaban J connectivity index is 1.30. The molecule has 6 rings (SSSR count). The number of piperidine rings is 1. The Morgan fingerprint density at radius 3 is 2.68 bits per heavy atom. The summed E-state index contributed by atoms with van der Waals surface area (Å²) in [5.74, 6) is -0.583. The van der Waals surface area contributed by atoms with Gasteiger partial charge in [-0.2, -0.15) is 0 Å². The number of ether oxygens (including phenoxy) is 2. The first-order valence-corrected chi connectivity index (χ1v) is 13.7. The van der Waals surface area contributed by atoms with Crippen LogP contribution in [0.5, 0.6) is 17.2 Å². The number of aryl methyl sites for hydroxylation is 1. The first kappa shape index (κ1) is 26.8. The lowest BCUT2D eigenvalue weighted by Gasteiger charge is -2.30. The molecule has 13 heteroatoms. The summed E-state index contributed by atoms with van der Waals surface area (Å²) < 4.78 is 48.2. The molecular weight excluding hydrogens is 559 g/mol. The van der Waals surface area contributed by atoms with Gasteiger partial charge in [-0.1, -0.05) is 12.1 Å². The number of nitrogens with zero attached hydrogens (tertiary/aromatic N) is 2. The molecule has 1 atom stereocenters. The molecule has 9 nitrogen and oxygen atoms in total. The maximum absolute atomic E-state index is 13.5. The van der Waals surface area contributed by atoms with Crippen molar-refractivity contribution < 1.29 is 32.2 Å². The SMILES string of the molecule is Cc1cc(Oc2ccccc2OC(F)(F)F)ccc1N1C(=O)Nc2c(C(=O)N[C@@H]3CCCNC3)sc3nccc1c23. The molecule has 2 aromatic heterocycles. The summed E-state index contributed by atoms with van der Waals surface area (Å²) in [6.45, 7) is 3.37. The third-order valence-corrected chi connectivity index (χ3v) is 7.89. The van der Waals surface area contributed by atoms with Crippen LogP contribution < -0.4 is 30.3 Å². The minimum atomic E-state index is -4.87. The van der Waals surface area contributed by atoms with E-state index < -0.39 is 18.1 Å². The van der Waals surface area contributed by atoms with Gasteiger partial charge in [0.1, 0.15) is 15.5 Å². The summed E-state index contributed by atoms with van der Waals surface area (Å²) in [5.41, 5.74) is 2.13. The van der Waals surface area contributed by atoms with Crippen LogP contribution in [-0.4, -0.2) is 42.4 Å². The zero-order valence-electron chi connectivity index (χ0n) is 21.7. The highest BCUT2D eigenvalue weighted by molar-refractivity contribution is 7.21. The van der Waals surface area contributed by atoms with Gasteiger partial charge in [0.25, 0.3) is 5.91 Å². The first-order chi connectivity index (χ1) is 19.7. The number of carbonyl (C=O) groups is 2. The fraction of sp³-hybridized carbons (Fsp3) is 0.250. The van der Waals surface area contributed by atoms with Gasteiger partial charge in [0.15, 0.2) is 11.5 Å². The molecule has 2 aromatic carbocycles. The van der Waals surface area contributed by atoms with Gasteiger partial charge in [0.05, 0.1) is 22.4 Å². The smallest absolute Gasteiger partial charge is 0.453 e. The maximum atomic E-state index is 13.5. The summed E-state index contributed by atoms with van der Waals surface area (Å²) in [7, 11) is 0. The third-order valence-electron chi connectivity index (χ3n) is 6.80. The van der Waals surface area contributed by atoms with Crippen LogP contribution in [0.3, 0.4) is 0 Å². The molecule has 4 aromatic rings. The molecule has 4 heterocycles. The monoisotopic (exact) mass is 583 g/mol. The molecule has 41 heavy (non-hydrogen) atoms. The Morgan fingerprint density at radius 1 is 1.15 bits per heavy atom. The Morgan fingerprint density at radius 2 is 1.95 bits per heavy atom. The highest BCUT2D eigenvalue weighted by Gasteiger charge is 2.34. The number of nitrogens with one attached hydrogen (secondary N) is 3. The van der Waals surface area contributed by atoms with E-state index in [4.69, 9.17) is 4.74 Å². The zero-order chi connectivity index (χ0) is 28.7. The van der Waals surface area contributed by atoms with E-state index in [1.165, 1.54) is 34.4 Å². The lowest BCUT2D eigenvalue weighted by atomic mass is 10.1. The predicted octanol–water partition coefficient (Wildman–Crippen LogP) is 6.46. The Kier molecular flexibility index (Phi) is 6.91. The third kappa shape index (κ3) is 5.37. The van der Waals surface area contributed by atoms with Crippen molar-refractivity contribution in [3.8, 4) is 17.2 Å². The number of alkyl halides is 3. The lowest BCUT2D eigenvalue weighted by molar-refractivity contribution is -0.275. The van der Waals surface area contributed by atoms with Crippen molar-refractivity contribution in [2.75, 3.05) is 23.3 Å². The molecule has 3 N–H and O–H groups in total. The number of benzene rings is 2. The van der Waals surface area contributed by atoms with Crippen LogP contribution in [-0.2, 0) is 0 Å². The van der Waals surface area contributed by atoms with E-state index in [2.05, 4.69) is 25.7 Å². The van der Waals surface area contributed by atoms with Crippen LogP contribution in [0.4, 0.5) is 35.0 Å². The van der Waals surface area contributed by atoms with Gasteiger partial charge >= 0.3 is 12.4 Å². The molecule has 0 radical (unpaired) electrons. The minimum Gasteiger partial charge on any atom is -0.453 e. The van der Waals surface area contributed by atoms with Crippen molar-refractivity contribution in [2.24, 2.45) is 0 Å². The quantitative estimate of drug-likeness (QED) is 0.241. The van der Waals surface area contributed by atoms with Crippen LogP contribution in [0.1, 0.15) is 28.1 Å². The van der Waals surface area contributed by atoms with Gasteiger partial charge < -0.3 is 25.4 Å². The molecule has 2 aliphatic rings. The largest absolute Gasteiger partial charge is 0.573 e. The van der Waals surface area contributed by atoms with Gasteiger partial charge in [-0.3, -0.25) is 9.69 Å². The normalized spacial score (nSPS) is 16.8. The molecule has 0 saturated carbocycles. The average molecular weight is 584 g/mol. The number of rotatable bonds is 6. The molecule has 1 fully saturated rings. The summed E-state index contributed by atoms with van der Waals surface area (Å²) in [6.07, 6.45) is -1.44. The standard InChI is InChI=1S/C28H24F3N5O4S/c1-15-13-17(39-20-6-2-3-7-21(20)40-28(29,30)31)8-9-18(15)36-19-10-12-33-26-22(19)23(35-27(36)38)24(41-26)25(37)34-16-5-4-11-32-14-16/h2-3,6-10,12-13,16,32H,4-5,11,14H2,1H3,(H,34,37)(H,35,38)/t16-/m1/s1. The summed E-state index contributed by atoms with van der Waals surface area (Å²) >= 11 is 1.21. The number of aromatic nitrogens is 1. The highest BCUT2D eigenvalue weighted by atomic mass is 32.1. The first-order valence-electron chi connectivity index (χ1n) is 12.9. The number of pyridine rings is 1. The topological polar surface area (TPSA) is 105 Å². The van der Waals surface area contributed by atoms with Crippen LogP contribution in [0.15, 0.2) is 54.7 Å². The molecule has 0 unspecified atom stereocenters. The number of hydrogen-bond acceptors (Lipinski definition) is 7. The van der Waals surface area contributed by atoms with E-state index >= 15 is 0 Å². The van der Waals surface area contributed by atoms with Gasteiger partial charge in [-0.05, 0) is 68.3 Å². The van der Waals surface area contributed by atoms with Crippen molar-refractivity contribution in [3.63, 3.8) is 0 Å². The summed E-state index contributed by atoms with van der Waals surface area (Å²) in [6, 6.07) is 11.5. The lowest BCUT2D eigenvalue weighted by Crippen LogP contribution is -2.45. The van der Waals surface area contributed by atoms with Crippen molar-refractivity contribution in [1.82, 2.24) is 15.6 Å². The van der Waals surface area contributed by atoms with Crippen molar-refractivity contribution in [1.29, 1.82) is 0 Å². The van der Waals surface area contributed by atoms with Crippen LogP contribution in [0.2, 0.25) is 0 Å². The van der Waals surface area contributed by atoms with Crippen molar-refractivity contribution in [3.05, 3.63) is 65.2 Å². The van der Waals surface area contributed by atoms with Gasteiger partial charge in [0, 0.05) is 18.8 Å². The van der Waals surface area contributed by atoms with E-state index in [9.17, 15) is 22.8 Å². The van der Waals surface area contributed by atoms with E-state index in [-0.39, 0.29) is 23.4 Å². The van der Waals surface area contributed by atoms with Crippen LogP contribution in [0.25, 0.3) is 10.2 Å². The number of urea groups is 1. The summed E-state index contributed by atoms with van der Waals surface area (Å²) in [5, 5.41) is 9.86. The second kappa shape index (κ2) is 10.6. The maximum Gasteiger partial charge on any atom is 0.573 e. The minimum absolute atomic E-state index is 0.00672. The Labute approximate surface area is 236 Å². The average Bonchev–Trinajstić information content (AvgIpc) is 3.30. The number of thiophene rings is 1. The summed E-state index contributed by atoms with van der Waals surface area (Å²) in [4.78, 5) is 33.6. The number of hydrogen-bond donors (Lipinski definition) is 3. The number of para-hydroxylation sites is 2. The number of anilines is 3. The van der Waals surface area contributed by atoms with Gasteiger partial charge in [-0.25, -0.2) is 9.78 Å². The molecule has 0 aliphatic carbocycles. The highest BCUT2D eigenvalue weighted by Crippen LogP contribution is 2.46. The van der Waals surface area contributed by atoms with Gasteiger partial charge in [0.2, 0.25) is 0 Å². The number of carbonyl (C=O) groups excluding carboxylic acids is 2. The fourth-order valence-corrected chi connectivity index (χ4v) is 6.04. The second-order valence-electron chi connectivity index (χ2n) is 9.64. The predicted molar refractivity (Wildman–Crippen MR) is 149 cm³/mol. The van der Waals surface area contributed by atoms with E-state index in [0.29, 0.717) is 44.3 Å². The fourth-order valence-electron chi connectivity index (χ4n) is 5.02. The van der Waals surface area contributed by atoms with E-state index in [1.54, 1.807) is 37.4 Å². The van der Waals surface area contributed by atoms with Crippen LogP contribution >= 0.6 is 11.3 Å². The number of amides is 3. The van der Waals surface area contributed by atoms with E-state index in [0.717, 1.165) is 25.5 Å². The zero-order valence-corrected chi connectivity index (χ0v) is 22.5. The Bertz CT molecular complexity index is 1650. The molecule has 1 saturated heterocycles. The second-order valence-corrected chi connectivity index (χ2v) is 10.6. The van der Waals surface area contributed by atoms with Crippen molar-refractivity contribution in [2.45, 2.75) is 32.2 Å². The molecule has 2 aliphatic heterocycles. The molecule has 3 amide bonds. The number of halogens is 3. The molecule has 0 spiro atoms. The molecule has 212 valence electrons. The Hall–Kier alpha value is -4.36.